The molecular formula is C22H16N4. The van der Waals surface area contributed by atoms with Crippen LogP contribution in [0.25, 0.3) is 44.4 Å². The van der Waals surface area contributed by atoms with Gasteiger partial charge in [0.1, 0.15) is 5.65 Å². The fraction of sp³-hybridized carbons (Fsp3) is 0.0909. The van der Waals surface area contributed by atoms with E-state index in [1.54, 1.807) is 0 Å². The molecule has 0 saturated carbocycles. The van der Waals surface area contributed by atoms with E-state index in [9.17, 15) is 0 Å². The van der Waals surface area contributed by atoms with Crippen molar-refractivity contribution >= 4 is 44.4 Å². The minimum atomic E-state index is 0.908. The first-order valence-corrected chi connectivity index (χ1v) is 8.80. The molecule has 6 aromatic rings. The molecule has 0 bridgehead atoms. The summed E-state index contributed by atoms with van der Waals surface area (Å²) < 4.78 is 4.44. The summed E-state index contributed by atoms with van der Waals surface area (Å²) in [5.41, 5.74) is 8.85. The van der Waals surface area contributed by atoms with Gasteiger partial charge in [0.15, 0.2) is 0 Å². The zero-order valence-corrected chi connectivity index (χ0v) is 14.6. The van der Waals surface area contributed by atoms with Crippen LogP contribution >= 0.6 is 0 Å². The van der Waals surface area contributed by atoms with Crippen LogP contribution in [0.4, 0.5) is 0 Å². The molecule has 4 heteroatoms. The number of fused-ring (bicyclic) bond motifs is 10. The predicted molar refractivity (Wildman–Crippen MR) is 106 cm³/mol. The summed E-state index contributed by atoms with van der Waals surface area (Å²) in [6.45, 7) is 4.28. The van der Waals surface area contributed by atoms with Gasteiger partial charge >= 0.3 is 0 Å². The van der Waals surface area contributed by atoms with Crippen LogP contribution < -0.4 is 0 Å². The lowest BCUT2D eigenvalue weighted by molar-refractivity contribution is 1.14. The van der Waals surface area contributed by atoms with E-state index in [1.807, 2.05) is 6.07 Å². The summed E-state index contributed by atoms with van der Waals surface area (Å²) in [7, 11) is 0. The molecule has 0 aliphatic rings. The molecule has 0 radical (unpaired) electrons. The SMILES string of the molecule is Cc1cc2nc3c4ccccc4n4c5ccccc5nc4n3c2cc1C. The van der Waals surface area contributed by atoms with E-state index >= 15 is 0 Å². The largest absolute Gasteiger partial charge is 0.277 e. The molecule has 4 nitrogen and oxygen atoms in total. The summed E-state index contributed by atoms with van der Waals surface area (Å²) in [5, 5.41) is 1.13. The molecule has 0 aliphatic heterocycles. The molecule has 3 aromatic carbocycles. The van der Waals surface area contributed by atoms with Gasteiger partial charge in [-0.2, -0.15) is 0 Å². The van der Waals surface area contributed by atoms with Gasteiger partial charge in [-0.25, -0.2) is 9.97 Å². The number of aromatic nitrogens is 4. The van der Waals surface area contributed by atoms with E-state index in [0.717, 1.165) is 44.4 Å². The Morgan fingerprint density at radius 1 is 0.654 bits per heavy atom. The highest BCUT2D eigenvalue weighted by Gasteiger charge is 2.17. The molecule has 124 valence electrons. The molecule has 0 N–H and O–H groups in total. The van der Waals surface area contributed by atoms with Crippen LogP contribution in [0.3, 0.4) is 0 Å². The van der Waals surface area contributed by atoms with Crippen molar-refractivity contribution in [1.29, 1.82) is 0 Å². The van der Waals surface area contributed by atoms with Crippen molar-refractivity contribution in [3.05, 3.63) is 71.8 Å². The third kappa shape index (κ3) is 1.59. The van der Waals surface area contributed by atoms with E-state index in [-0.39, 0.29) is 0 Å². The van der Waals surface area contributed by atoms with Crippen molar-refractivity contribution in [3.8, 4) is 0 Å². The fourth-order valence-electron chi connectivity index (χ4n) is 3.97. The van der Waals surface area contributed by atoms with Gasteiger partial charge < -0.3 is 0 Å². The zero-order chi connectivity index (χ0) is 17.4. The molecule has 6 rings (SSSR count). The summed E-state index contributed by atoms with van der Waals surface area (Å²) >= 11 is 0. The normalized spacial score (nSPS) is 12.2. The number of imidazole rings is 2. The quantitative estimate of drug-likeness (QED) is 0.389. The Hall–Kier alpha value is -3.40. The van der Waals surface area contributed by atoms with E-state index in [2.05, 4.69) is 77.2 Å². The van der Waals surface area contributed by atoms with Crippen molar-refractivity contribution in [2.45, 2.75) is 13.8 Å². The van der Waals surface area contributed by atoms with Gasteiger partial charge in [-0.1, -0.05) is 24.3 Å². The first-order chi connectivity index (χ1) is 12.7. The summed E-state index contributed by atoms with van der Waals surface area (Å²) in [6, 6.07) is 21.1. The maximum Gasteiger partial charge on any atom is 0.221 e. The lowest BCUT2D eigenvalue weighted by Gasteiger charge is -2.07. The molecule has 0 spiro atoms. The number of para-hydroxylation sites is 3. The average molecular weight is 336 g/mol. The molecule has 0 aliphatic carbocycles. The van der Waals surface area contributed by atoms with E-state index in [1.165, 1.54) is 11.1 Å². The molecule has 0 saturated heterocycles. The number of hydrogen-bond acceptors (Lipinski definition) is 2. The molecule has 0 fully saturated rings. The first-order valence-electron chi connectivity index (χ1n) is 8.80. The Bertz CT molecular complexity index is 1500. The monoisotopic (exact) mass is 336 g/mol. The van der Waals surface area contributed by atoms with Crippen LogP contribution in [0.15, 0.2) is 60.7 Å². The summed E-state index contributed by atoms with van der Waals surface area (Å²) in [4.78, 5) is 9.93. The van der Waals surface area contributed by atoms with Crippen LogP contribution in [-0.2, 0) is 0 Å². The molecule has 0 atom stereocenters. The van der Waals surface area contributed by atoms with Crippen molar-refractivity contribution in [1.82, 2.24) is 18.8 Å². The number of benzene rings is 3. The predicted octanol–water partition coefficient (Wildman–Crippen LogP) is 5.06. The second-order valence-corrected chi connectivity index (χ2v) is 6.95. The van der Waals surface area contributed by atoms with Gasteiger partial charge in [-0.15, -0.1) is 0 Å². The Labute approximate surface area is 149 Å². The second-order valence-electron chi connectivity index (χ2n) is 6.95. The van der Waals surface area contributed by atoms with Gasteiger partial charge in [0.25, 0.3) is 0 Å². The number of aryl methyl sites for hydroxylation is 2. The first kappa shape index (κ1) is 13.8. The molecular weight excluding hydrogens is 320 g/mol. The van der Waals surface area contributed by atoms with Gasteiger partial charge in [0.05, 0.1) is 27.6 Å². The Morgan fingerprint density at radius 2 is 1.38 bits per heavy atom. The van der Waals surface area contributed by atoms with Crippen molar-refractivity contribution in [2.24, 2.45) is 0 Å². The van der Waals surface area contributed by atoms with Gasteiger partial charge in [0.2, 0.25) is 5.78 Å². The molecule has 0 amide bonds. The standard InChI is InChI=1S/C22H16N4/c1-13-11-17-20(12-14(13)2)26-21(23-17)15-7-3-5-9-18(15)25-19-10-6-4-8-16(19)24-22(25)26/h3-12H,1-2H3. The van der Waals surface area contributed by atoms with Gasteiger partial charge in [-0.05, 0) is 61.4 Å². The minimum absolute atomic E-state index is 0.908. The fourth-order valence-corrected chi connectivity index (χ4v) is 3.97. The smallest absolute Gasteiger partial charge is 0.221 e. The highest BCUT2D eigenvalue weighted by molar-refractivity contribution is 6.01. The average Bonchev–Trinajstić information content (AvgIpc) is 3.21. The lowest BCUT2D eigenvalue weighted by Crippen LogP contribution is -1.98. The van der Waals surface area contributed by atoms with E-state index in [0.29, 0.717) is 0 Å². The topological polar surface area (TPSA) is 34.6 Å². The number of nitrogens with zero attached hydrogens (tertiary/aromatic N) is 4. The highest BCUT2D eigenvalue weighted by atomic mass is 15.2. The molecule has 0 unspecified atom stereocenters. The van der Waals surface area contributed by atoms with Gasteiger partial charge in [-0.3, -0.25) is 8.80 Å². The maximum absolute atomic E-state index is 4.98. The van der Waals surface area contributed by atoms with E-state index in [4.69, 9.17) is 9.97 Å². The van der Waals surface area contributed by atoms with Crippen molar-refractivity contribution < 1.29 is 0 Å². The number of rotatable bonds is 0. The second kappa shape index (κ2) is 4.61. The van der Waals surface area contributed by atoms with E-state index < -0.39 is 0 Å². The maximum atomic E-state index is 4.98. The zero-order valence-electron chi connectivity index (χ0n) is 14.6. The summed E-state index contributed by atoms with van der Waals surface area (Å²) in [5.74, 6) is 0.908. The lowest BCUT2D eigenvalue weighted by atomic mass is 10.1. The molecule has 26 heavy (non-hydrogen) atoms. The van der Waals surface area contributed by atoms with Crippen LogP contribution in [0.5, 0.6) is 0 Å². The highest BCUT2D eigenvalue weighted by Crippen LogP contribution is 2.30. The minimum Gasteiger partial charge on any atom is -0.277 e. The number of hydrogen-bond donors (Lipinski definition) is 0. The third-order valence-corrected chi connectivity index (χ3v) is 5.40. The molecule has 3 aromatic heterocycles. The van der Waals surface area contributed by atoms with Crippen LogP contribution in [0.1, 0.15) is 11.1 Å². The Kier molecular flexibility index (Phi) is 2.45. The van der Waals surface area contributed by atoms with Gasteiger partial charge in [0, 0.05) is 5.39 Å². The summed E-state index contributed by atoms with van der Waals surface area (Å²) in [6.07, 6.45) is 0. The molecule has 3 heterocycles. The van der Waals surface area contributed by atoms with Crippen LogP contribution in [-0.4, -0.2) is 18.8 Å². The third-order valence-electron chi connectivity index (χ3n) is 5.40. The van der Waals surface area contributed by atoms with Crippen molar-refractivity contribution in [3.63, 3.8) is 0 Å². The Balaban J connectivity index is 2.03. The Morgan fingerprint density at radius 3 is 2.27 bits per heavy atom. The van der Waals surface area contributed by atoms with Crippen LogP contribution in [0.2, 0.25) is 0 Å². The van der Waals surface area contributed by atoms with Crippen molar-refractivity contribution in [2.75, 3.05) is 0 Å². The van der Waals surface area contributed by atoms with Crippen LogP contribution in [0, 0.1) is 13.8 Å².